The lowest BCUT2D eigenvalue weighted by molar-refractivity contribution is 0.126. The van der Waals surface area contributed by atoms with E-state index < -0.39 is 0 Å². The predicted octanol–water partition coefficient (Wildman–Crippen LogP) is 1.24. The van der Waals surface area contributed by atoms with Crippen molar-refractivity contribution in [3.05, 3.63) is 30.6 Å². The number of fused-ring (bicyclic) bond motifs is 1. The number of nitrogens with zero attached hydrogens (tertiary/aromatic N) is 4. The Kier molecular flexibility index (Phi) is 2.82. The second-order valence-electron chi connectivity index (χ2n) is 4.77. The smallest absolute Gasteiger partial charge is 0.0969 e. The number of benzene rings is 1. The minimum absolute atomic E-state index is 0.953. The van der Waals surface area contributed by atoms with Gasteiger partial charge in [0.25, 0.3) is 0 Å². The Morgan fingerprint density at radius 1 is 1.12 bits per heavy atom. The quantitative estimate of drug-likeness (QED) is 0.776. The maximum atomic E-state index is 4.42. The summed E-state index contributed by atoms with van der Waals surface area (Å²) in [5.74, 6) is 0. The Bertz CT molecular complexity index is 497. The first-order chi connectivity index (χ1) is 8.33. The summed E-state index contributed by atoms with van der Waals surface area (Å²) in [6.45, 7) is 5.56. The highest BCUT2D eigenvalue weighted by Crippen LogP contribution is 2.13. The molecule has 1 fully saturated rings. The van der Waals surface area contributed by atoms with Gasteiger partial charge in [-0.2, -0.15) is 0 Å². The van der Waals surface area contributed by atoms with Crippen LogP contribution < -0.4 is 0 Å². The largest absolute Gasteiger partial charge is 0.317 e. The molecule has 1 aromatic carbocycles. The second-order valence-corrected chi connectivity index (χ2v) is 4.77. The maximum absolute atomic E-state index is 4.42. The van der Waals surface area contributed by atoms with Gasteiger partial charge in [0.2, 0.25) is 0 Å². The van der Waals surface area contributed by atoms with E-state index in [-0.39, 0.29) is 0 Å². The van der Waals surface area contributed by atoms with Gasteiger partial charge in [0.1, 0.15) is 0 Å². The van der Waals surface area contributed by atoms with Gasteiger partial charge in [-0.1, -0.05) is 12.1 Å². The molecule has 0 N–H and O–H groups in total. The molecule has 0 saturated carbocycles. The third-order valence-corrected chi connectivity index (χ3v) is 3.48. The number of imidazole rings is 1. The third kappa shape index (κ3) is 2.18. The molecular weight excluding hydrogens is 212 g/mol. The number of hydrogen-bond acceptors (Lipinski definition) is 3. The number of para-hydroxylation sites is 2. The molecule has 2 aromatic rings. The minimum atomic E-state index is 0.953. The molecule has 1 aliphatic heterocycles. The summed E-state index contributed by atoms with van der Waals surface area (Å²) >= 11 is 0. The summed E-state index contributed by atoms with van der Waals surface area (Å²) in [5, 5.41) is 0. The van der Waals surface area contributed by atoms with Crippen molar-refractivity contribution in [3.8, 4) is 0 Å². The lowest BCUT2D eigenvalue weighted by Crippen LogP contribution is -2.44. The minimum Gasteiger partial charge on any atom is -0.317 e. The fourth-order valence-electron chi connectivity index (χ4n) is 2.33. The lowest BCUT2D eigenvalue weighted by atomic mass is 10.3. The van der Waals surface area contributed by atoms with E-state index >= 15 is 0 Å². The van der Waals surface area contributed by atoms with Crippen LogP contribution in [0.3, 0.4) is 0 Å². The van der Waals surface area contributed by atoms with Crippen LogP contribution in [0.1, 0.15) is 0 Å². The van der Waals surface area contributed by atoms with E-state index in [1.54, 1.807) is 0 Å². The summed E-state index contributed by atoms with van der Waals surface area (Å²) in [6.07, 6.45) is 1.95. The molecule has 0 unspecified atom stereocenters. The molecule has 4 nitrogen and oxygen atoms in total. The average molecular weight is 230 g/mol. The summed E-state index contributed by atoms with van der Waals surface area (Å²) in [5.41, 5.74) is 2.31. The van der Waals surface area contributed by atoms with Crippen LogP contribution in [0.15, 0.2) is 30.6 Å². The van der Waals surface area contributed by atoms with E-state index in [9.17, 15) is 0 Å². The molecule has 90 valence electrons. The van der Waals surface area contributed by atoms with E-state index in [1.807, 2.05) is 12.4 Å². The molecule has 0 spiro atoms. The second kappa shape index (κ2) is 4.47. The highest BCUT2D eigenvalue weighted by Gasteiger charge is 2.14. The van der Waals surface area contributed by atoms with Crippen LogP contribution in [0.5, 0.6) is 0 Å². The monoisotopic (exact) mass is 230 g/mol. The Hall–Kier alpha value is -1.39. The molecular formula is C13H18N4. The molecule has 0 amide bonds. The Balaban J connectivity index is 1.76. The van der Waals surface area contributed by atoms with Crippen molar-refractivity contribution in [2.75, 3.05) is 33.2 Å². The van der Waals surface area contributed by atoms with Gasteiger partial charge in [0, 0.05) is 26.2 Å². The average Bonchev–Trinajstić information content (AvgIpc) is 2.76. The number of rotatable bonds is 2. The molecule has 0 bridgehead atoms. The van der Waals surface area contributed by atoms with Crippen LogP contribution in [0.25, 0.3) is 11.0 Å². The zero-order valence-electron chi connectivity index (χ0n) is 10.2. The van der Waals surface area contributed by atoms with E-state index in [0.717, 1.165) is 38.4 Å². The highest BCUT2D eigenvalue weighted by molar-refractivity contribution is 5.74. The Labute approximate surface area is 101 Å². The SMILES string of the molecule is CN1CCN(Cn2cnc3ccccc32)CC1. The Morgan fingerprint density at radius 2 is 1.88 bits per heavy atom. The van der Waals surface area contributed by atoms with Crippen LogP contribution in [-0.2, 0) is 6.67 Å². The summed E-state index contributed by atoms with van der Waals surface area (Å²) < 4.78 is 2.24. The Morgan fingerprint density at radius 3 is 2.71 bits per heavy atom. The fourth-order valence-corrected chi connectivity index (χ4v) is 2.33. The third-order valence-electron chi connectivity index (χ3n) is 3.48. The van der Waals surface area contributed by atoms with Gasteiger partial charge < -0.3 is 9.47 Å². The van der Waals surface area contributed by atoms with Gasteiger partial charge >= 0.3 is 0 Å². The summed E-state index contributed by atoms with van der Waals surface area (Å²) in [7, 11) is 2.18. The number of piperazine rings is 1. The van der Waals surface area contributed by atoms with Crippen molar-refractivity contribution < 1.29 is 0 Å². The molecule has 0 atom stereocenters. The molecule has 1 saturated heterocycles. The maximum Gasteiger partial charge on any atom is 0.0969 e. The van der Waals surface area contributed by atoms with E-state index in [0.29, 0.717) is 0 Å². The highest BCUT2D eigenvalue weighted by atomic mass is 15.3. The zero-order valence-corrected chi connectivity index (χ0v) is 10.2. The number of likely N-dealkylation sites (N-methyl/N-ethyl adjacent to an activating group) is 1. The van der Waals surface area contributed by atoms with Crippen LogP contribution in [0.2, 0.25) is 0 Å². The fraction of sp³-hybridized carbons (Fsp3) is 0.462. The van der Waals surface area contributed by atoms with Crippen molar-refractivity contribution >= 4 is 11.0 Å². The van der Waals surface area contributed by atoms with Gasteiger partial charge in [0.15, 0.2) is 0 Å². The van der Waals surface area contributed by atoms with Crippen LogP contribution in [0, 0.1) is 0 Å². The molecule has 0 radical (unpaired) electrons. The predicted molar refractivity (Wildman–Crippen MR) is 68.8 cm³/mol. The van der Waals surface area contributed by atoms with Crippen molar-refractivity contribution in [2.45, 2.75) is 6.67 Å². The van der Waals surface area contributed by atoms with Crippen LogP contribution in [0.4, 0.5) is 0 Å². The molecule has 2 heterocycles. The van der Waals surface area contributed by atoms with E-state index in [1.165, 1.54) is 5.52 Å². The molecule has 1 aliphatic rings. The van der Waals surface area contributed by atoms with Crippen molar-refractivity contribution in [3.63, 3.8) is 0 Å². The summed E-state index contributed by atoms with van der Waals surface area (Å²) in [6, 6.07) is 8.31. The molecule has 0 aliphatic carbocycles. The molecule has 3 rings (SSSR count). The number of aromatic nitrogens is 2. The van der Waals surface area contributed by atoms with Crippen LogP contribution >= 0.6 is 0 Å². The van der Waals surface area contributed by atoms with Crippen LogP contribution in [-0.4, -0.2) is 52.6 Å². The standard InChI is InChI=1S/C13H18N4/c1-15-6-8-16(9-7-15)11-17-10-14-12-4-2-3-5-13(12)17/h2-5,10H,6-9,11H2,1H3. The van der Waals surface area contributed by atoms with Crippen molar-refractivity contribution in [1.29, 1.82) is 0 Å². The molecule has 17 heavy (non-hydrogen) atoms. The van der Waals surface area contributed by atoms with Gasteiger partial charge in [-0.25, -0.2) is 4.98 Å². The van der Waals surface area contributed by atoms with Gasteiger partial charge in [0.05, 0.1) is 24.0 Å². The zero-order chi connectivity index (χ0) is 11.7. The van der Waals surface area contributed by atoms with E-state index in [2.05, 4.69) is 44.6 Å². The normalized spacial score (nSPS) is 18.9. The number of hydrogen-bond donors (Lipinski definition) is 0. The van der Waals surface area contributed by atoms with Gasteiger partial charge in [-0.3, -0.25) is 4.90 Å². The molecule has 4 heteroatoms. The van der Waals surface area contributed by atoms with Crippen molar-refractivity contribution in [2.24, 2.45) is 0 Å². The first-order valence-corrected chi connectivity index (χ1v) is 6.14. The lowest BCUT2D eigenvalue weighted by Gasteiger charge is -2.32. The van der Waals surface area contributed by atoms with Gasteiger partial charge in [-0.05, 0) is 19.2 Å². The van der Waals surface area contributed by atoms with Crippen molar-refractivity contribution in [1.82, 2.24) is 19.4 Å². The van der Waals surface area contributed by atoms with E-state index in [4.69, 9.17) is 0 Å². The first kappa shape index (κ1) is 10.7. The van der Waals surface area contributed by atoms with Gasteiger partial charge in [-0.15, -0.1) is 0 Å². The summed E-state index contributed by atoms with van der Waals surface area (Å²) in [4.78, 5) is 9.28. The first-order valence-electron chi connectivity index (χ1n) is 6.14. The molecule has 1 aromatic heterocycles. The topological polar surface area (TPSA) is 24.3 Å².